The molecule has 3 aromatic rings. The van der Waals surface area contributed by atoms with Crippen LogP contribution in [0.4, 0.5) is 0 Å². The normalized spacial score (nSPS) is 11.2. The van der Waals surface area contributed by atoms with Crippen LogP contribution in [0.5, 0.6) is 0 Å². The van der Waals surface area contributed by atoms with Crippen molar-refractivity contribution >= 4 is 0 Å². The Morgan fingerprint density at radius 2 is 1.35 bits per heavy atom. The van der Waals surface area contributed by atoms with E-state index in [1.165, 1.54) is 22.3 Å². The second kappa shape index (κ2) is 5.13. The molecule has 0 aromatic heterocycles. The van der Waals surface area contributed by atoms with Gasteiger partial charge in [-0.2, -0.15) is 10.5 Å². The summed E-state index contributed by atoms with van der Waals surface area (Å²) in [6, 6.07) is 24.3. The van der Waals surface area contributed by atoms with Crippen molar-refractivity contribution in [2.24, 2.45) is 0 Å². The Labute approximate surface area is 134 Å². The first-order valence-corrected chi connectivity index (χ1v) is 7.46. The van der Waals surface area contributed by atoms with Crippen LogP contribution in [0.15, 0.2) is 60.7 Å². The molecule has 2 heteroatoms. The molecule has 0 fully saturated rings. The Morgan fingerprint density at radius 3 is 2.09 bits per heavy atom. The average Bonchev–Trinajstić information content (AvgIpc) is 3.00. The Hall–Kier alpha value is -3.36. The van der Waals surface area contributed by atoms with E-state index >= 15 is 0 Å². The molecule has 0 spiro atoms. The maximum Gasteiger partial charge on any atom is 0.0992 e. The lowest BCUT2D eigenvalue weighted by atomic mass is 9.93. The molecule has 23 heavy (non-hydrogen) atoms. The van der Waals surface area contributed by atoms with E-state index in [2.05, 4.69) is 48.5 Å². The molecule has 0 amide bonds. The van der Waals surface area contributed by atoms with Gasteiger partial charge in [0.2, 0.25) is 0 Å². The van der Waals surface area contributed by atoms with Crippen LogP contribution in [-0.4, -0.2) is 0 Å². The van der Waals surface area contributed by atoms with Crippen molar-refractivity contribution < 1.29 is 0 Å². The molecule has 0 saturated heterocycles. The molecule has 0 saturated carbocycles. The third kappa shape index (κ3) is 2.09. The van der Waals surface area contributed by atoms with Crippen molar-refractivity contribution in [3.63, 3.8) is 0 Å². The zero-order valence-electron chi connectivity index (χ0n) is 12.4. The van der Waals surface area contributed by atoms with Crippen LogP contribution in [0.3, 0.4) is 0 Å². The van der Waals surface area contributed by atoms with E-state index in [9.17, 15) is 10.5 Å². The van der Waals surface area contributed by atoms with Crippen LogP contribution < -0.4 is 0 Å². The zero-order valence-corrected chi connectivity index (χ0v) is 12.4. The number of rotatable bonds is 1. The summed E-state index contributed by atoms with van der Waals surface area (Å²) in [7, 11) is 0. The van der Waals surface area contributed by atoms with Gasteiger partial charge in [0.15, 0.2) is 0 Å². The summed E-state index contributed by atoms with van der Waals surface area (Å²) in [4.78, 5) is 0. The first-order valence-electron chi connectivity index (χ1n) is 7.46. The van der Waals surface area contributed by atoms with Gasteiger partial charge >= 0.3 is 0 Å². The van der Waals surface area contributed by atoms with Crippen LogP contribution in [0.1, 0.15) is 22.3 Å². The molecular weight excluding hydrogens is 280 g/mol. The molecule has 0 heterocycles. The van der Waals surface area contributed by atoms with Gasteiger partial charge in [0.05, 0.1) is 23.3 Å². The molecule has 0 atom stereocenters. The van der Waals surface area contributed by atoms with Crippen LogP contribution in [0.25, 0.3) is 22.3 Å². The molecule has 0 N–H and O–H groups in total. The van der Waals surface area contributed by atoms with Crippen molar-refractivity contribution in [2.45, 2.75) is 6.42 Å². The Kier molecular flexibility index (Phi) is 2.97. The van der Waals surface area contributed by atoms with Crippen molar-refractivity contribution in [3.8, 4) is 34.4 Å². The summed E-state index contributed by atoms with van der Waals surface area (Å²) in [6.45, 7) is 0. The second-order valence-electron chi connectivity index (χ2n) is 5.69. The van der Waals surface area contributed by atoms with E-state index in [0.717, 1.165) is 17.5 Å². The fraction of sp³-hybridized carbons (Fsp3) is 0.0476. The zero-order chi connectivity index (χ0) is 15.8. The Morgan fingerprint density at radius 1 is 0.696 bits per heavy atom. The van der Waals surface area contributed by atoms with Crippen molar-refractivity contribution in [3.05, 3.63) is 82.9 Å². The van der Waals surface area contributed by atoms with Gasteiger partial charge in [-0.05, 0) is 58.0 Å². The SMILES string of the molecule is N#Cc1cc(C#N)cc(-c2cccc3c2Cc2ccccc2-3)c1. The quantitative estimate of drug-likeness (QED) is 0.512. The summed E-state index contributed by atoms with van der Waals surface area (Å²) in [5, 5.41) is 18.4. The summed E-state index contributed by atoms with van der Waals surface area (Å²) in [5.74, 6) is 0. The summed E-state index contributed by atoms with van der Waals surface area (Å²) in [6.07, 6.45) is 0.889. The predicted octanol–water partition coefficient (Wildman–Crippen LogP) is 4.67. The third-order valence-electron chi connectivity index (χ3n) is 4.35. The maximum atomic E-state index is 9.20. The Balaban J connectivity index is 1.94. The molecule has 3 aromatic carbocycles. The first-order chi connectivity index (χ1) is 11.3. The molecule has 2 nitrogen and oxygen atoms in total. The smallest absolute Gasteiger partial charge is 0.0992 e. The van der Waals surface area contributed by atoms with E-state index in [0.29, 0.717) is 11.1 Å². The van der Waals surface area contributed by atoms with Crippen molar-refractivity contribution in [1.82, 2.24) is 0 Å². The highest BCUT2D eigenvalue weighted by molar-refractivity contribution is 5.85. The average molecular weight is 292 g/mol. The highest BCUT2D eigenvalue weighted by atomic mass is 14.3. The fourth-order valence-electron chi connectivity index (χ4n) is 3.34. The van der Waals surface area contributed by atoms with E-state index < -0.39 is 0 Å². The highest BCUT2D eigenvalue weighted by Crippen LogP contribution is 2.41. The molecule has 0 radical (unpaired) electrons. The van der Waals surface area contributed by atoms with Crippen LogP contribution in [0, 0.1) is 22.7 Å². The number of nitriles is 2. The van der Waals surface area contributed by atoms with Gasteiger partial charge < -0.3 is 0 Å². The second-order valence-corrected chi connectivity index (χ2v) is 5.69. The first kappa shape index (κ1) is 13.3. The predicted molar refractivity (Wildman–Crippen MR) is 89.6 cm³/mol. The molecule has 1 aliphatic rings. The van der Waals surface area contributed by atoms with Gasteiger partial charge in [-0.15, -0.1) is 0 Å². The highest BCUT2D eigenvalue weighted by Gasteiger charge is 2.21. The lowest BCUT2D eigenvalue weighted by Gasteiger charge is -2.10. The molecule has 0 bridgehead atoms. The number of nitrogens with zero attached hydrogens (tertiary/aromatic N) is 2. The molecule has 0 aliphatic heterocycles. The minimum atomic E-state index is 0.521. The maximum absolute atomic E-state index is 9.20. The number of hydrogen-bond donors (Lipinski definition) is 0. The number of fused-ring (bicyclic) bond motifs is 3. The van der Waals surface area contributed by atoms with Gasteiger partial charge in [0.1, 0.15) is 0 Å². The topological polar surface area (TPSA) is 47.6 Å². The van der Waals surface area contributed by atoms with Crippen molar-refractivity contribution in [1.29, 1.82) is 10.5 Å². The molecular formula is C21H12N2. The van der Waals surface area contributed by atoms with Crippen LogP contribution in [0.2, 0.25) is 0 Å². The minimum absolute atomic E-state index is 0.521. The van der Waals surface area contributed by atoms with E-state index in [1.807, 2.05) is 18.2 Å². The van der Waals surface area contributed by atoms with Crippen molar-refractivity contribution in [2.75, 3.05) is 0 Å². The molecule has 0 unspecified atom stereocenters. The lowest BCUT2D eigenvalue weighted by molar-refractivity contribution is 1.26. The van der Waals surface area contributed by atoms with Gasteiger partial charge in [0, 0.05) is 0 Å². The fourth-order valence-corrected chi connectivity index (χ4v) is 3.34. The Bertz CT molecular complexity index is 984. The van der Waals surface area contributed by atoms with E-state index in [1.54, 1.807) is 6.07 Å². The van der Waals surface area contributed by atoms with E-state index in [-0.39, 0.29) is 0 Å². The van der Waals surface area contributed by atoms with Gasteiger partial charge in [-0.25, -0.2) is 0 Å². The summed E-state index contributed by atoms with van der Waals surface area (Å²) < 4.78 is 0. The van der Waals surface area contributed by atoms with Gasteiger partial charge in [0.25, 0.3) is 0 Å². The van der Waals surface area contributed by atoms with Gasteiger partial charge in [-0.3, -0.25) is 0 Å². The third-order valence-corrected chi connectivity index (χ3v) is 4.35. The lowest BCUT2D eigenvalue weighted by Crippen LogP contribution is -1.90. The monoisotopic (exact) mass is 292 g/mol. The van der Waals surface area contributed by atoms with E-state index in [4.69, 9.17) is 0 Å². The molecule has 1 aliphatic carbocycles. The molecule has 106 valence electrons. The minimum Gasteiger partial charge on any atom is -0.192 e. The summed E-state index contributed by atoms with van der Waals surface area (Å²) >= 11 is 0. The summed E-state index contributed by atoms with van der Waals surface area (Å²) in [5.41, 5.74) is 8.21. The van der Waals surface area contributed by atoms with Gasteiger partial charge in [-0.1, -0.05) is 42.5 Å². The largest absolute Gasteiger partial charge is 0.192 e. The standard InChI is InChI=1S/C21H12N2/c22-12-14-8-15(13-23)10-17(9-14)19-6-3-7-20-18-5-2-1-4-16(18)11-21(19)20/h1-10H,11H2. The number of benzene rings is 3. The van der Waals surface area contributed by atoms with Crippen LogP contribution >= 0.6 is 0 Å². The molecule has 4 rings (SSSR count). The van der Waals surface area contributed by atoms with Crippen LogP contribution in [-0.2, 0) is 6.42 Å². The number of hydrogen-bond acceptors (Lipinski definition) is 2.